The van der Waals surface area contributed by atoms with Crippen molar-refractivity contribution < 1.29 is 23.5 Å². The smallest absolute Gasteiger partial charge is 0.270 e. The van der Waals surface area contributed by atoms with E-state index in [0.717, 1.165) is 10.0 Å². The first-order valence-electron chi connectivity index (χ1n) is 10.1. The highest BCUT2D eigenvalue weighted by atomic mass is 79.9. The SMILES string of the molecule is COc1cc(/C=C2/C(=O)NC(=S)N(c3ccc(Br)cc3)C2=O)ccc1OCc1ccc(F)cc1. The Hall–Kier alpha value is -3.56. The molecule has 0 saturated carbocycles. The Morgan fingerprint density at radius 1 is 1.03 bits per heavy atom. The minimum absolute atomic E-state index is 0.0107. The minimum Gasteiger partial charge on any atom is -0.493 e. The molecule has 3 aromatic rings. The molecule has 6 nitrogen and oxygen atoms in total. The van der Waals surface area contributed by atoms with Crippen LogP contribution in [0.1, 0.15) is 11.1 Å². The van der Waals surface area contributed by atoms with E-state index in [1.807, 2.05) is 0 Å². The highest BCUT2D eigenvalue weighted by Gasteiger charge is 2.34. The molecule has 1 heterocycles. The summed E-state index contributed by atoms with van der Waals surface area (Å²) in [6.07, 6.45) is 1.47. The van der Waals surface area contributed by atoms with Crippen LogP contribution in [0.3, 0.4) is 0 Å². The maximum atomic E-state index is 13.2. The molecule has 0 radical (unpaired) electrons. The Balaban J connectivity index is 1.58. The van der Waals surface area contributed by atoms with Gasteiger partial charge in [-0.1, -0.05) is 34.1 Å². The molecule has 9 heteroatoms. The third kappa shape index (κ3) is 5.16. The molecule has 1 aliphatic rings. The quantitative estimate of drug-likeness (QED) is 0.270. The average molecular weight is 541 g/mol. The monoisotopic (exact) mass is 540 g/mol. The molecule has 172 valence electrons. The van der Waals surface area contributed by atoms with Gasteiger partial charge in [-0.3, -0.25) is 19.8 Å². The van der Waals surface area contributed by atoms with E-state index in [0.29, 0.717) is 22.7 Å². The first-order valence-corrected chi connectivity index (χ1v) is 11.3. The van der Waals surface area contributed by atoms with Crippen molar-refractivity contribution >= 4 is 56.8 Å². The van der Waals surface area contributed by atoms with Gasteiger partial charge in [-0.25, -0.2) is 4.39 Å². The van der Waals surface area contributed by atoms with Crippen LogP contribution in [0.4, 0.5) is 10.1 Å². The molecule has 0 spiro atoms. The second-order valence-electron chi connectivity index (χ2n) is 7.26. The van der Waals surface area contributed by atoms with Gasteiger partial charge in [-0.2, -0.15) is 0 Å². The fraction of sp³-hybridized carbons (Fsp3) is 0.0800. The zero-order valence-electron chi connectivity index (χ0n) is 17.9. The Morgan fingerprint density at radius 2 is 1.74 bits per heavy atom. The van der Waals surface area contributed by atoms with Crippen molar-refractivity contribution in [2.45, 2.75) is 6.61 Å². The van der Waals surface area contributed by atoms with Gasteiger partial charge in [-0.15, -0.1) is 0 Å². The summed E-state index contributed by atoms with van der Waals surface area (Å²) in [7, 11) is 1.49. The number of rotatable bonds is 6. The summed E-state index contributed by atoms with van der Waals surface area (Å²) in [5.41, 5.74) is 1.82. The van der Waals surface area contributed by atoms with Gasteiger partial charge < -0.3 is 9.47 Å². The van der Waals surface area contributed by atoms with Crippen molar-refractivity contribution in [2.24, 2.45) is 0 Å². The summed E-state index contributed by atoms with van der Waals surface area (Å²) in [6.45, 7) is 0.220. The lowest BCUT2D eigenvalue weighted by molar-refractivity contribution is -0.122. The van der Waals surface area contributed by atoms with E-state index in [4.69, 9.17) is 21.7 Å². The van der Waals surface area contributed by atoms with E-state index >= 15 is 0 Å². The van der Waals surface area contributed by atoms with Crippen molar-refractivity contribution in [3.05, 3.63) is 93.7 Å². The lowest BCUT2D eigenvalue weighted by Gasteiger charge is -2.29. The molecule has 2 amide bonds. The van der Waals surface area contributed by atoms with Crippen LogP contribution >= 0.6 is 28.1 Å². The standard InChI is InChI=1S/C25H18BrFN2O4S/c1-32-22-13-16(4-11-21(22)33-14-15-2-7-18(27)8-3-15)12-20-23(30)28-25(34)29(24(20)31)19-9-5-17(26)6-10-19/h2-13H,14H2,1H3,(H,28,30,34)/b20-12-. The van der Waals surface area contributed by atoms with E-state index in [9.17, 15) is 14.0 Å². The van der Waals surface area contributed by atoms with Crippen LogP contribution in [0.25, 0.3) is 6.08 Å². The van der Waals surface area contributed by atoms with Gasteiger partial charge in [0.15, 0.2) is 16.6 Å². The fourth-order valence-corrected chi connectivity index (χ4v) is 3.83. The van der Waals surface area contributed by atoms with Gasteiger partial charge in [0.1, 0.15) is 18.0 Å². The minimum atomic E-state index is -0.584. The number of hydrogen-bond acceptors (Lipinski definition) is 5. The second-order valence-corrected chi connectivity index (χ2v) is 8.56. The zero-order valence-corrected chi connectivity index (χ0v) is 20.3. The number of hydrogen-bond donors (Lipinski definition) is 1. The summed E-state index contributed by atoms with van der Waals surface area (Å²) in [4.78, 5) is 27.0. The summed E-state index contributed by atoms with van der Waals surface area (Å²) in [5, 5.41) is 2.57. The molecule has 0 aliphatic carbocycles. The predicted octanol–water partition coefficient (Wildman–Crippen LogP) is 5.01. The molecule has 1 aliphatic heterocycles. The van der Waals surface area contributed by atoms with Crippen LogP contribution in [0, 0.1) is 5.82 Å². The van der Waals surface area contributed by atoms with Crippen LogP contribution in [0.5, 0.6) is 11.5 Å². The molecule has 1 saturated heterocycles. The van der Waals surface area contributed by atoms with Crippen molar-refractivity contribution in [3.63, 3.8) is 0 Å². The van der Waals surface area contributed by atoms with Crippen LogP contribution in [0.2, 0.25) is 0 Å². The summed E-state index contributed by atoms with van der Waals surface area (Å²) in [5.74, 6) is -0.559. The van der Waals surface area contributed by atoms with Gasteiger partial charge >= 0.3 is 0 Å². The number of halogens is 2. The molecular formula is C25H18BrFN2O4S. The molecule has 0 bridgehead atoms. The number of carbonyl (C=O) groups is 2. The number of benzene rings is 3. The fourth-order valence-electron chi connectivity index (χ4n) is 3.28. The zero-order chi connectivity index (χ0) is 24.2. The summed E-state index contributed by atoms with van der Waals surface area (Å²) in [6, 6.07) is 18.0. The lowest BCUT2D eigenvalue weighted by atomic mass is 10.1. The van der Waals surface area contributed by atoms with Crippen molar-refractivity contribution in [3.8, 4) is 11.5 Å². The summed E-state index contributed by atoms with van der Waals surface area (Å²) >= 11 is 8.58. The van der Waals surface area contributed by atoms with Gasteiger partial charge in [0.25, 0.3) is 11.8 Å². The largest absolute Gasteiger partial charge is 0.493 e. The van der Waals surface area contributed by atoms with Crippen LogP contribution in [0.15, 0.2) is 76.8 Å². The van der Waals surface area contributed by atoms with E-state index in [-0.39, 0.29) is 23.1 Å². The normalized spacial score (nSPS) is 14.9. The molecular weight excluding hydrogens is 523 g/mol. The Morgan fingerprint density at radius 3 is 2.41 bits per heavy atom. The predicted molar refractivity (Wildman–Crippen MR) is 134 cm³/mol. The van der Waals surface area contributed by atoms with Crippen molar-refractivity contribution in [1.82, 2.24) is 5.32 Å². The second kappa shape index (κ2) is 10.1. The van der Waals surface area contributed by atoms with Gasteiger partial charge in [0.2, 0.25) is 0 Å². The van der Waals surface area contributed by atoms with Crippen molar-refractivity contribution in [1.29, 1.82) is 0 Å². The number of nitrogens with zero attached hydrogens (tertiary/aromatic N) is 1. The topological polar surface area (TPSA) is 67.9 Å². The van der Waals surface area contributed by atoms with E-state index in [1.165, 1.54) is 30.2 Å². The van der Waals surface area contributed by atoms with E-state index < -0.39 is 11.8 Å². The number of nitrogens with one attached hydrogen (secondary N) is 1. The molecule has 0 aromatic heterocycles. The third-order valence-corrected chi connectivity index (χ3v) is 5.81. The number of amides is 2. The van der Waals surface area contributed by atoms with Gasteiger partial charge in [0, 0.05) is 4.47 Å². The Bertz CT molecular complexity index is 1290. The molecule has 0 atom stereocenters. The van der Waals surface area contributed by atoms with Crippen LogP contribution in [-0.2, 0) is 16.2 Å². The summed E-state index contributed by atoms with van der Waals surface area (Å²) < 4.78 is 25.2. The molecule has 34 heavy (non-hydrogen) atoms. The number of carbonyl (C=O) groups excluding carboxylic acids is 2. The van der Waals surface area contributed by atoms with E-state index in [2.05, 4.69) is 21.2 Å². The molecule has 1 N–H and O–H groups in total. The first-order chi connectivity index (χ1) is 16.4. The number of ether oxygens (including phenoxy) is 2. The van der Waals surface area contributed by atoms with Gasteiger partial charge in [0.05, 0.1) is 12.8 Å². The highest BCUT2D eigenvalue weighted by Crippen LogP contribution is 2.31. The maximum absolute atomic E-state index is 13.2. The number of methoxy groups -OCH3 is 1. The van der Waals surface area contributed by atoms with E-state index in [1.54, 1.807) is 54.6 Å². The average Bonchev–Trinajstić information content (AvgIpc) is 2.83. The number of thiocarbonyl (C=S) groups is 1. The van der Waals surface area contributed by atoms with Gasteiger partial charge in [-0.05, 0) is 78.0 Å². The Labute approximate surface area is 209 Å². The molecule has 1 fully saturated rings. The maximum Gasteiger partial charge on any atom is 0.270 e. The van der Waals surface area contributed by atoms with Crippen LogP contribution < -0.4 is 19.7 Å². The Kier molecular flexibility index (Phi) is 7.04. The molecule has 0 unspecified atom stereocenters. The van der Waals surface area contributed by atoms with Crippen molar-refractivity contribution in [2.75, 3.05) is 12.0 Å². The third-order valence-electron chi connectivity index (χ3n) is 4.99. The number of anilines is 1. The molecule has 3 aromatic carbocycles. The van der Waals surface area contributed by atoms with Crippen LogP contribution in [-0.4, -0.2) is 24.0 Å². The lowest BCUT2D eigenvalue weighted by Crippen LogP contribution is -2.54. The first kappa shape index (κ1) is 23.6. The molecule has 4 rings (SSSR count). The highest BCUT2D eigenvalue weighted by molar-refractivity contribution is 9.10.